The van der Waals surface area contributed by atoms with E-state index in [0.717, 1.165) is 32.8 Å². The summed E-state index contributed by atoms with van der Waals surface area (Å²) >= 11 is 1.47. The molecule has 1 N–H and O–H groups in total. The Morgan fingerprint density at radius 1 is 1.00 bits per heavy atom. The van der Waals surface area contributed by atoms with Crippen LogP contribution in [0.25, 0.3) is 32.7 Å². The number of rotatable bonds is 3. The Morgan fingerprint density at radius 3 is 2.46 bits per heavy atom. The summed E-state index contributed by atoms with van der Waals surface area (Å²) in [5.41, 5.74) is 4.81. The standard InChI is InChI=1S/C21H18N2O2S/c1-12-4-7-14(8-5-12)19-22-20(24)18-16(11-26-21(18)23-19)15-10-13(2)6-9-17(15)25-3/h4-11H,1-3H3,(H,22,23,24). The van der Waals surface area contributed by atoms with Crippen LogP contribution in [0.4, 0.5) is 0 Å². The van der Waals surface area contributed by atoms with Gasteiger partial charge in [0, 0.05) is 22.1 Å². The van der Waals surface area contributed by atoms with E-state index in [4.69, 9.17) is 4.74 Å². The summed E-state index contributed by atoms with van der Waals surface area (Å²) in [6.45, 7) is 4.05. The molecular weight excluding hydrogens is 344 g/mol. The number of hydrogen-bond donors (Lipinski definition) is 1. The highest BCUT2D eigenvalue weighted by molar-refractivity contribution is 7.17. The minimum absolute atomic E-state index is 0.134. The van der Waals surface area contributed by atoms with Gasteiger partial charge in [-0.1, -0.05) is 41.5 Å². The highest BCUT2D eigenvalue weighted by atomic mass is 32.1. The molecule has 0 radical (unpaired) electrons. The summed E-state index contributed by atoms with van der Waals surface area (Å²) in [4.78, 5) is 21.2. The molecule has 4 nitrogen and oxygen atoms in total. The molecule has 0 amide bonds. The summed E-state index contributed by atoms with van der Waals surface area (Å²) in [6, 6.07) is 13.9. The molecule has 4 aromatic rings. The molecule has 26 heavy (non-hydrogen) atoms. The molecule has 2 heterocycles. The predicted octanol–water partition coefficient (Wildman–Crippen LogP) is 4.94. The Balaban J connectivity index is 1.92. The van der Waals surface area contributed by atoms with E-state index < -0.39 is 0 Å². The number of benzene rings is 2. The predicted molar refractivity (Wildman–Crippen MR) is 107 cm³/mol. The number of nitrogens with zero attached hydrogens (tertiary/aromatic N) is 1. The average Bonchev–Trinajstić information content (AvgIpc) is 3.06. The highest BCUT2D eigenvalue weighted by Gasteiger charge is 2.16. The van der Waals surface area contributed by atoms with Gasteiger partial charge < -0.3 is 9.72 Å². The van der Waals surface area contributed by atoms with Crippen LogP contribution in [0, 0.1) is 13.8 Å². The lowest BCUT2D eigenvalue weighted by atomic mass is 10.0. The fourth-order valence-corrected chi connectivity index (χ4v) is 3.97. The van der Waals surface area contributed by atoms with E-state index in [0.29, 0.717) is 11.2 Å². The molecule has 2 aromatic heterocycles. The van der Waals surface area contributed by atoms with Crippen molar-refractivity contribution in [1.82, 2.24) is 9.97 Å². The second kappa shape index (κ2) is 6.42. The molecule has 0 saturated carbocycles. The number of nitrogens with one attached hydrogen (secondary N) is 1. The maximum Gasteiger partial charge on any atom is 0.260 e. The first kappa shape index (κ1) is 16.5. The zero-order valence-corrected chi connectivity index (χ0v) is 15.6. The topological polar surface area (TPSA) is 55.0 Å². The van der Waals surface area contributed by atoms with Crippen LogP contribution in [0.5, 0.6) is 5.75 Å². The van der Waals surface area contributed by atoms with E-state index in [-0.39, 0.29) is 5.56 Å². The van der Waals surface area contributed by atoms with Gasteiger partial charge in [-0.2, -0.15) is 0 Å². The van der Waals surface area contributed by atoms with Gasteiger partial charge >= 0.3 is 0 Å². The number of methoxy groups -OCH3 is 1. The second-order valence-corrected chi connectivity index (χ2v) is 7.17. The van der Waals surface area contributed by atoms with Crippen LogP contribution in [0.15, 0.2) is 52.6 Å². The minimum Gasteiger partial charge on any atom is -0.496 e. The van der Waals surface area contributed by atoms with Crippen molar-refractivity contribution in [1.29, 1.82) is 0 Å². The molecule has 0 aliphatic carbocycles. The summed E-state index contributed by atoms with van der Waals surface area (Å²) in [5.74, 6) is 1.34. The van der Waals surface area contributed by atoms with Gasteiger partial charge in [0.15, 0.2) is 0 Å². The van der Waals surface area contributed by atoms with Crippen LogP contribution >= 0.6 is 11.3 Å². The Kier molecular flexibility index (Phi) is 4.09. The monoisotopic (exact) mass is 362 g/mol. The number of H-pyrrole nitrogens is 1. The third-order valence-electron chi connectivity index (χ3n) is 4.41. The highest BCUT2D eigenvalue weighted by Crippen LogP contribution is 2.37. The Labute approximate surface area is 155 Å². The fourth-order valence-electron chi connectivity index (χ4n) is 3.03. The maximum atomic E-state index is 12.8. The van der Waals surface area contributed by atoms with Gasteiger partial charge in [-0.15, -0.1) is 11.3 Å². The molecule has 0 spiro atoms. The van der Waals surface area contributed by atoms with Crippen LogP contribution in [0.3, 0.4) is 0 Å². The van der Waals surface area contributed by atoms with Gasteiger partial charge in [-0.05, 0) is 26.0 Å². The Hall–Kier alpha value is -2.92. The molecule has 4 rings (SSSR count). The molecule has 0 unspecified atom stereocenters. The number of aromatic amines is 1. The zero-order chi connectivity index (χ0) is 18.3. The first-order valence-corrected chi connectivity index (χ1v) is 9.18. The third-order valence-corrected chi connectivity index (χ3v) is 5.29. The van der Waals surface area contributed by atoms with Crippen molar-refractivity contribution < 1.29 is 4.74 Å². The molecule has 0 saturated heterocycles. The average molecular weight is 362 g/mol. The molecular formula is C21H18N2O2S. The summed E-state index contributed by atoms with van der Waals surface area (Å²) in [6.07, 6.45) is 0. The van der Waals surface area contributed by atoms with Crippen LogP contribution in [0.1, 0.15) is 11.1 Å². The van der Waals surface area contributed by atoms with Crippen molar-refractivity contribution in [3.8, 4) is 28.3 Å². The zero-order valence-electron chi connectivity index (χ0n) is 14.8. The Bertz CT molecular complexity index is 1160. The Morgan fingerprint density at radius 2 is 1.73 bits per heavy atom. The smallest absolute Gasteiger partial charge is 0.260 e. The molecule has 5 heteroatoms. The largest absolute Gasteiger partial charge is 0.496 e. The summed E-state index contributed by atoms with van der Waals surface area (Å²) in [7, 11) is 1.64. The van der Waals surface area contributed by atoms with Crippen molar-refractivity contribution >= 4 is 21.6 Å². The lowest BCUT2D eigenvalue weighted by Gasteiger charge is -2.09. The molecule has 0 fully saturated rings. The van der Waals surface area contributed by atoms with E-state index in [2.05, 4.69) is 9.97 Å². The van der Waals surface area contributed by atoms with Gasteiger partial charge in [0.25, 0.3) is 5.56 Å². The van der Waals surface area contributed by atoms with Crippen molar-refractivity contribution in [3.63, 3.8) is 0 Å². The van der Waals surface area contributed by atoms with Gasteiger partial charge in [0.1, 0.15) is 16.4 Å². The lowest BCUT2D eigenvalue weighted by Crippen LogP contribution is -2.09. The molecule has 2 aromatic carbocycles. The number of aryl methyl sites for hydroxylation is 2. The molecule has 0 aliphatic rings. The molecule has 130 valence electrons. The molecule has 0 aliphatic heterocycles. The van der Waals surface area contributed by atoms with Crippen LogP contribution in [0.2, 0.25) is 0 Å². The van der Waals surface area contributed by atoms with E-state index in [1.165, 1.54) is 16.9 Å². The number of ether oxygens (including phenoxy) is 1. The minimum atomic E-state index is -0.134. The first-order chi connectivity index (χ1) is 12.6. The quantitative estimate of drug-likeness (QED) is 0.561. The number of fused-ring (bicyclic) bond motifs is 1. The van der Waals surface area contributed by atoms with Crippen molar-refractivity contribution in [3.05, 3.63) is 69.3 Å². The number of aromatic nitrogens is 2. The van der Waals surface area contributed by atoms with E-state index in [1.54, 1.807) is 7.11 Å². The van der Waals surface area contributed by atoms with E-state index >= 15 is 0 Å². The first-order valence-electron chi connectivity index (χ1n) is 8.30. The van der Waals surface area contributed by atoms with E-state index in [1.807, 2.05) is 61.7 Å². The molecule has 0 atom stereocenters. The van der Waals surface area contributed by atoms with Gasteiger partial charge in [0.05, 0.1) is 12.5 Å². The SMILES string of the molecule is COc1ccc(C)cc1-c1csc2nc(-c3ccc(C)cc3)[nH]c(=O)c12. The number of hydrogen-bond acceptors (Lipinski definition) is 4. The van der Waals surface area contributed by atoms with Crippen LogP contribution in [-0.4, -0.2) is 17.1 Å². The van der Waals surface area contributed by atoms with Crippen LogP contribution in [-0.2, 0) is 0 Å². The van der Waals surface area contributed by atoms with Crippen molar-refractivity contribution in [2.45, 2.75) is 13.8 Å². The summed E-state index contributed by atoms with van der Waals surface area (Å²) < 4.78 is 5.49. The summed E-state index contributed by atoms with van der Waals surface area (Å²) in [5, 5.41) is 2.58. The maximum absolute atomic E-state index is 12.8. The fraction of sp³-hybridized carbons (Fsp3) is 0.143. The second-order valence-electron chi connectivity index (χ2n) is 6.31. The van der Waals surface area contributed by atoms with Gasteiger partial charge in [-0.25, -0.2) is 4.98 Å². The normalized spacial score (nSPS) is 11.0. The third kappa shape index (κ3) is 2.80. The number of thiophene rings is 1. The van der Waals surface area contributed by atoms with Crippen molar-refractivity contribution in [2.75, 3.05) is 7.11 Å². The van der Waals surface area contributed by atoms with Crippen molar-refractivity contribution in [2.24, 2.45) is 0 Å². The lowest BCUT2D eigenvalue weighted by molar-refractivity contribution is 0.416. The van der Waals surface area contributed by atoms with Gasteiger partial charge in [0.2, 0.25) is 0 Å². The molecule has 0 bridgehead atoms. The van der Waals surface area contributed by atoms with Gasteiger partial charge in [-0.3, -0.25) is 4.79 Å². The van der Waals surface area contributed by atoms with E-state index in [9.17, 15) is 4.79 Å². The van der Waals surface area contributed by atoms with Crippen LogP contribution < -0.4 is 10.3 Å².